The average molecular weight is 192 g/mol. The molecule has 0 aromatic rings. The Balaban J connectivity index is 3.31. The zero-order valence-electron chi connectivity index (χ0n) is 6.82. The van der Waals surface area contributed by atoms with Gasteiger partial charge in [0.2, 0.25) is 0 Å². The van der Waals surface area contributed by atoms with E-state index < -0.39 is 11.9 Å². The highest BCUT2D eigenvalue weighted by atomic mass is 32.2. The Bertz CT molecular complexity index is 169. The number of carboxylic acid groups (broad SMARTS) is 2. The van der Waals surface area contributed by atoms with Crippen LogP contribution in [0.15, 0.2) is 0 Å². The summed E-state index contributed by atoms with van der Waals surface area (Å²) in [5.41, 5.74) is 0. The number of hydrogen-bond donors (Lipinski definition) is 2. The van der Waals surface area contributed by atoms with Gasteiger partial charge in [0.05, 0.1) is 11.7 Å². The van der Waals surface area contributed by atoms with Crippen molar-refractivity contribution in [2.75, 3.05) is 11.5 Å². The van der Waals surface area contributed by atoms with E-state index in [1.165, 1.54) is 11.8 Å². The van der Waals surface area contributed by atoms with Gasteiger partial charge in [0.25, 0.3) is 0 Å². The van der Waals surface area contributed by atoms with E-state index in [1.807, 2.05) is 0 Å². The van der Waals surface area contributed by atoms with Crippen molar-refractivity contribution >= 4 is 23.7 Å². The standard InChI is InChI=1S/C7H12O4S/c1-5(7(10)11)2-3-12-4-6(8)9/h5H,2-4H2,1H3,(H,8,9)(H,10,11). The van der Waals surface area contributed by atoms with Crippen LogP contribution in [-0.4, -0.2) is 33.7 Å². The zero-order chi connectivity index (χ0) is 9.56. The minimum Gasteiger partial charge on any atom is -0.481 e. The minimum atomic E-state index is -0.858. The van der Waals surface area contributed by atoms with Crippen molar-refractivity contribution in [1.29, 1.82) is 0 Å². The molecule has 0 rings (SSSR count). The zero-order valence-corrected chi connectivity index (χ0v) is 7.63. The fourth-order valence-electron chi connectivity index (χ4n) is 0.543. The molecule has 0 spiro atoms. The van der Waals surface area contributed by atoms with E-state index in [9.17, 15) is 9.59 Å². The van der Waals surface area contributed by atoms with Gasteiger partial charge in [0.15, 0.2) is 0 Å². The Morgan fingerprint density at radius 1 is 1.42 bits per heavy atom. The van der Waals surface area contributed by atoms with Crippen LogP contribution in [0.3, 0.4) is 0 Å². The van der Waals surface area contributed by atoms with E-state index in [0.717, 1.165) is 0 Å². The molecule has 0 heterocycles. The van der Waals surface area contributed by atoms with E-state index >= 15 is 0 Å². The third-order valence-corrected chi connectivity index (χ3v) is 2.32. The Labute approximate surface area is 75.0 Å². The molecule has 0 aliphatic rings. The van der Waals surface area contributed by atoms with E-state index in [-0.39, 0.29) is 11.7 Å². The molecule has 0 saturated heterocycles. The van der Waals surface area contributed by atoms with Gasteiger partial charge in [0, 0.05) is 0 Å². The first-order valence-electron chi connectivity index (χ1n) is 3.56. The first kappa shape index (κ1) is 11.3. The van der Waals surface area contributed by atoms with Crippen molar-refractivity contribution in [3.8, 4) is 0 Å². The van der Waals surface area contributed by atoms with Crippen molar-refractivity contribution in [2.45, 2.75) is 13.3 Å². The molecule has 0 aromatic carbocycles. The largest absolute Gasteiger partial charge is 0.481 e. The second kappa shape index (κ2) is 5.88. The van der Waals surface area contributed by atoms with Crippen LogP contribution in [-0.2, 0) is 9.59 Å². The maximum Gasteiger partial charge on any atom is 0.313 e. The predicted octanol–water partition coefficient (Wildman–Crippen LogP) is 0.915. The molecule has 5 heteroatoms. The molecular weight excluding hydrogens is 180 g/mol. The van der Waals surface area contributed by atoms with Gasteiger partial charge in [-0.25, -0.2) is 0 Å². The van der Waals surface area contributed by atoms with Crippen LogP contribution in [0.1, 0.15) is 13.3 Å². The molecule has 0 fully saturated rings. The lowest BCUT2D eigenvalue weighted by molar-refractivity contribution is -0.141. The molecule has 0 bridgehead atoms. The summed E-state index contributed by atoms with van der Waals surface area (Å²) in [6.45, 7) is 1.61. The van der Waals surface area contributed by atoms with Crippen LogP contribution < -0.4 is 0 Å². The van der Waals surface area contributed by atoms with Gasteiger partial charge in [-0.05, 0) is 12.2 Å². The molecule has 12 heavy (non-hydrogen) atoms. The van der Waals surface area contributed by atoms with E-state index in [2.05, 4.69) is 0 Å². The minimum absolute atomic E-state index is 0.0480. The van der Waals surface area contributed by atoms with Crippen molar-refractivity contribution in [1.82, 2.24) is 0 Å². The van der Waals surface area contributed by atoms with Crippen LogP contribution in [0.5, 0.6) is 0 Å². The Morgan fingerprint density at radius 3 is 2.42 bits per heavy atom. The van der Waals surface area contributed by atoms with Crippen LogP contribution in [0.25, 0.3) is 0 Å². The number of carbonyl (C=O) groups is 2. The highest BCUT2D eigenvalue weighted by Crippen LogP contribution is 2.09. The fourth-order valence-corrected chi connectivity index (χ4v) is 1.38. The maximum absolute atomic E-state index is 10.3. The van der Waals surface area contributed by atoms with Gasteiger partial charge in [-0.3, -0.25) is 9.59 Å². The number of thioether (sulfide) groups is 1. The number of aliphatic carboxylic acids is 2. The maximum atomic E-state index is 10.3. The molecule has 0 saturated carbocycles. The third kappa shape index (κ3) is 6.03. The summed E-state index contributed by atoms with van der Waals surface area (Å²) in [5.74, 6) is -1.44. The summed E-state index contributed by atoms with van der Waals surface area (Å²) in [5, 5.41) is 16.7. The molecule has 1 unspecified atom stereocenters. The predicted molar refractivity (Wildman–Crippen MR) is 46.4 cm³/mol. The Morgan fingerprint density at radius 2 is 2.00 bits per heavy atom. The normalized spacial score (nSPS) is 12.4. The number of hydrogen-bond acceptors (Lipinski definition) is 3. The lowest BCUT2D eigenvalue weighted by Gasteiger charge is -2.03. The van der Waals surface area contributed by atoms with Gasteiger partial charge in [0.1, 0.15) is 0 Å². The molecule has 2 N–H and O–H groups in total. The van der Waals surface area contributed by atoms with Gasteiger partial charge in [-0.15, -0.1) is 0 Å². The molecule has 0 aliphatic heterocycles. The summed E-state index contributed by atoms with van der Waals surface area (Å²) in [7, 11) is 0. The molecule has 0 radical (unpaired) electrons. The summed E-state index contributed by atoms with van der Waals surface area (Å²) in [6.07, 6.45) is 0.521. The van der Waals surface area contributed by atoms with Crippen molar-refractivity contribution in [3.05, 3.63) is 0 Å². The quantitative estimate of drug-likeness (QED) is 0.612. The van der Waals surface area contributed by atoms with Gasteiger partial charge < -0.3 is 10.2 Å². The van der Waals surface area contributed by atoms with Gasteiger partial charge in [-0.2, -0.15) is 11.8 Å². The first-order valence-corrected chi connectivity index (χ1v) is 4.72. The van der Waals surface area contributed by atoms with Crippen molar-refractivity contribution in [3.63, 3.8) is 0 Å². The van der Waals surface area contributed by atoms with Crippen LogP contribution in [0.4, 0.5) is 0 Å². The average Bonchev–Trinajstić information content (AvgIpc) is 1.97. The van der Waals surface area contributed by atoms with Crippen molar-refractivity contribution < 1.29 is 19.8 Å². The van der Waals surface area contributed by atoms with Crippen LogP contribution in [0, 0.1) is 5.92 Å². The third-order valence-electron chi connectivity index (χ3n) is 1.34. The Hall–Kier alpha value is -0.710. The van der Waals surface area contributed by atoms with E-state index in [1.54, 1.807) is 6.92 Å². The van der Waals surface area contributed by atoms with Crippen LogP contribution in [0.2, 0.25) is 0 Å². The van der Waals surface area contributed by atoms with E-state index in [4.69, 9.17) is 10.2 Å². The number of rotatable bonds is 6. The van der Waals surface area contributed by atoms with Crippen LogP contribution >= 0.6 is 11.8 Å². The van der Waals surface area contributed by atoms with Gasteiger partial charge in [-0.1, -0.05) is 6.92 Å². The molecule has 70 valence electrons. The lowest BCUT2D eigenvalue weighted by Crippen LogP contribution is -2.10. The SMILES string of the molecule is CC(CCSCC(=O)O)C(=O)O. The summed E-state index contributed by atoms with van der Waals surface area (Å²) < 4.78 is 0. The molecule has 4 nitrogen and oxygen atoms in total. The smallest absolute Gasteiger partial charge is 0.313 e. The molecule has 0 aromatic heterocycles. The number of carboxylic acids is 2. The summed E-state index contributed by atoms with van der Waals surface area (Å²) in [4.78, 5) is 20.3. The summed E-state index contributed by atoms with van der Waals surface area (Å²) >= 11 is 1.24. The lowest BCUT2D eigenvalue weighted by atomic mass is 10.1. The van der Waals surface area contributed by atoms with E-state index in [0.29, 0.717) is 12.2 Å². The topological polar surface area (TPSA) is 74.6 Å². The van der Waals surface area contributed by atoms with Gasteiger partial charge >= 0.3 is 11.9 Å². The highest BCUT2D eigenvalue weighted by molar-refractivity contribution is 7.99. The molecule has 0 amide bonds. The second-order valence-electron chi connectivity index (χ2n) is 2.47. The highest BCUT2D eigenvalue weighted by Gasteiger charge is 2.10. The Kier molecular flexibility index (Phi) is 5.53. The van der Waals surface area contributed by atoms with Crippen molar-refractivity contribution in [2.24, 2.45) is 5.92 Å². The summed E-state index contributed by atoms with van der Waals surface area (Å²) in [6, 6.07) is 0. The fraction of sp³-hybridized carbons (Fsp3) is 0.714. The second-order valence-corrected chi connectivity index (χ2v) is 3.58. The first-order chi connectivity index (χ1) is 5.54. The monoisotopic (exact) mass is 192 g/mol. The molecule has 0 aliphatic carbocycles. The molecule has 1 atom stereocenters. The molecular formula is C7H12O4S.